The third-order valence-electron chi connectivity index (χ3n) is 2.48. The molecular weight excluding hydrogens is 296 g/mol. The number of carbonyl (C=O) groups is 1. The Morgan fingerprint density at radius 1 is 1.44 bits per heavy atom. The van der Waals surface area contributed by atoms with E-state index in [1.807, 2.05) is 6.07 Å². The highest BCUT2D eigenvalue weighted by Crippen LogP contribution is 2.21. The maximum absolute atomic E-state index is 11.6. The number of nitrogens with zero attached hydrogens (tertiary/aromatic N) is 2. The van der Waals surface area contributed by atoms with Crippen molar-refractivity contribution in [3.05, 3.63) is 52.3 Å². The van der Waals surface area contributed by atoms with Gasteiger partial charge in [-0.1, -0.05) is 15.9 Å². The molecule has 2 rings (SSSR count). The second-order valence-electron chi connectivity index (χ2n) is 3.53. The minimum absolute atomic E-state index is 0.385. The van der Waals surface area contributed by atoms with Gasteiger partial charge in [-0.2, -0.15) is 5.26 Å². The molecule has 0 saturated heterocycles. The number of halogens is 1. The van der Waals surface area contributed by atoms with Crippen LogP contribution in [0.25, 0.3) is 5.69 Å². The Morgan fingerprint density at radius 2 is 2.22 bits per heavy atom. The number of rotatable bonds is 2. The van der Waals surface area contributed by atoms with Crippen molar-refractivity contribution < 1.29 is 9.53 Å². The fraction of sp³-hybridized carbons (Fsp3) is 0.0769. The highest BCUT2D eigenvalue weighted by Gasteiger charge is 2.14. The van der Waals surface area contributed by atoms with Gasteiger partial charge in [0.05, 0.1) is 18.4 Å². The molecule has 90 valence electrons. The lowest BCUT2D eigenvalue weighted by atomic mass is 10.2. The molecule has 0 N–H and O–H groups in total. The smallest absolute Gasteiger partial charge is 0.355 e. The molecule has 1 aromatic carbocycles. The van der Waals surface area contributed by atoms with Crippen molar-refractivity contribution >= 4 is 21.9 Å². The van der Waals surface area contributed by atoms with E-state index < -0.39 is 5.97 Å². The molecule has 0 bridgehead atoms. The van der Waals surface area contributed by atoms with Crippen LogP contribution >= 0.6 is 15.9 Å². The van der Waals surface area contributed by atoms with E-state index in [0.717, 1.165) is 4.47 Å². The monoisotopic (exact) mass is 304 g/mol. The van der Waals surface area contributed by atoms with Gasteiger partial charge in [0, 0.05) is 10.7 Å². The summed E-state index contributed by atoms with van der Waals surface area (Å²) < 4.78 is 7.15. The molecule has 1 heterocycles. The van der Waals surface area contributed by atoms with E-state index in [1.54, 1.807) is 35.0 Å². The van der Waals surface area contributed by atoms with Crippen LogP contribution in [0.4, 0.5) is 0 Å². The second kappa shape index (κ2) is 5.07. The van der Waals surface area contributed by atoms with Crippen molar-refractivity contribution in [3.8, 4) is 11.8 Å². The molecule has 0 aliphatic heterocycles. The summed E-state index contributed by atoms with van der Waals surface area (Å²) in [5.41, 5.74) is 1.51. The summed E-state index contributed by atoms with van der Waals surface area (Å²) in [6.07, 6.45) is 1.72. The minimum atomic E-state index is -0.438. The first-order valence-electron chi connectivity index (χ1n) is 5.13. The van der Waals surface area contributed by atoms with Gasteiger partial charge in [-0.05, 0) is 30.3 Å². The molecule has 0 atom stereocenters. The Labute approximate surface area is 113 Å². The highest BCUT2D eigenvalue weighted by atomic mass is 79.9. The zero-order valence-corrected chi connectivity index (χ0v) is 11.1. The Bertz CT molecular complexity index is 641. The van der Waals surface area contributed by atoms with Crippen molar-refractivity contribution in [1.82, 2.24) is 4.57 Å². The van der Waals surface area contributed by atoms with E-state index in [1.165, 1.54) is 7.11 Å². The molecule has 2 aromatic rings. The quantitative estimate of drug-likeness (QED) is 0.802. The Kier molecular flexibility index (Phi) is 3.49. The zero-order chi connectivity index (χ0) is 13.1. The standard InChI is InChI=1S/C13H9BrN2O2/c1-18-13(17)12-3-2-6-16(12)11-5-4-10(14)7-9(11)8-15/h2-7H,1H3. The van der Waals surface area contributed by atoms with Crippen LogP contribution in [-0.2, 0) is 4.74 Å². The molecule has 4 nitrogen and oxygen atoms in total. The summed E-state index contributed by atoms with van der Waals surface area (Å²) in [5, 5.41) is 9.13. The molecule has 0 aliphatic carbocycles. The molecule has 0 aliphatic rings. The van der Waals surface area contributed by atoms with E-state index in [-0.39, 0.29) is 0 Å². The van der Waals surface area contributed by atoms with Gasteiger partial charge in [-0.3, -0.25) is 0 Å². The molecule has 0 amide bonds. The van der Waals surface area contributed by atoms with Crippen LogP contribution in [0, 0.1) is 11.3 Å². The van der Waals surface area contributed by atoms with Crippen LogP contribution in [0.1, 0.15) is 16.1 Å². The number of hydrogen-bond donors (Lipinski definition) is 0. The average molecular weight is 305 g/mol. The summed E-state index contributed by atoms with van der Waals surface area (Å²) >= 11 is 3.31. The Hall–Kier alpha value is -2.06. The fourth-order valence-corrected chi connectivity index (χ4v) is 2.03. The lowest BCUT2D eigenvalue weighted by molar-refractivity contribution is 0.0591. The SMILES string of the molecule is COC(=O)c1cccn1-c1ccc(Br)cc1C#N. The highest BCUT2D eigenvalue weighted by molar-refractivity contribution is 9.10. The normalized spacial score (nSPS) is 9.83. The van der Waals surface area contributed by atoms with E-state index in [4.69, 9.17) is 10.00 Å². The van der Waals surface area contributed by atoms with Crippen LogP contribution in [-0.4, -0.2) is 17.6 Å². The number of ether oxygens (including phenoxy) is 1. The second-order valence-corrected chi connectivity index (χ2v) is 4.44. The van der Waals surface area contributed by atoms with E-state index in [9.17, 15) is 4.79 Å². The van der Waals surface area contributed by atoms with Gasteiger partial charge in [-0.25, -0.2) is 4.79 Å². The zero-order valence-electron chi connectivity index (χ0n) is 9.55. The molecule has 5 heteroatoms. The topological polar surface area (TPSA) is 55.0 Å². The third-order valence-corrected chi connectivity index (χ3v) is 2.98. The average Bonchev–Trinajstić information content (AvgIpc) is 2.86. The van der Waals surface area contributed by atoms with Crippen molar-refractivity contribution in [2.45, 2.75) is 0 Å². The Morgan fingerprint density at radius 3 is 2.89 bits per heavy atom. The van der Waals surface area contributed by atoms with Crippen LogP contribution in [0.5, 0.6) is 0 Å². The fourth-order valence-electron chi connectivity index (χ4n) is 1.67. The van der Waals surface area contributed by atoms with Gasteiger partial charge in [0.1, 0.15) is 11.8 Å². The van der Waals surface area contributed by atoms with Crippen LogP contribution < -0.4 is 0 Å². The predicted octanol–water partition coefficient (Wildman–Crippen LogP) is 2.90. The van der Waals surface area contributed by atoms with Crippen molar-refractivity contribution in [2.75, 3.05) is 7.11 Å². The summed E-state index contributed by atoms with van der Waals surface area (Å²) in [7, 11) is 1.33. The first-order chi connectivity index (χ1) is 8.67. The van der Waals surface area contributed by atoms with Crippen LogP contribution in [0.2, 0.25) is 0 Å². The van der Waals surface area contributed by atoms with Gasteiger partial charge in [0.25, 0.3) is 0 Å². The first-order valence-corrected chi connectivity index (χ1v) is 5.92. The summed E-state index contributed by atoms with van der Waals surface area (Å²) in [5.74, 6) is -0.438. The van der Waals surface area contributed by atoms with Gasteiger partial charge in [0.15, 0.2) is 0 Å². The summed E-state index contributed by atoms with van der Waals surface area (Å²) in [6.45, 7) is 0. The van der Waals surface area contributed by atoms with E-state index >= 15 is 0 Å². The maximum atomic E-state index is 11.6. The minimum Gasteiger partial charge on any atom is -0.464 e. The number of methoxy groups -OCH3 is 1. The number of benzene rings is 1. The number of carbonyl (C=O) groups excluding carboxylic acids is 1. The molecule has 1 aromatic heterocycles. The molecule has 18 heavy (non-hydrogen) atoms. The van der Waals surface area contributed by atoms with Crippen molar-refractivity contribution in [2.24, 2.45) is 0 Å². The largest absolute Gasteiger partial charge is 0.464 e. The van der Waals surface area contributed by atoms with Gasteiger partial charge < -0.3 is 9.30 Å². The lowest BCUT2D eigenvalue weighted by Gasteiger charge is -2.09. The first kappa shape index (κ1) is 12.4. The number of hydrogen-bond acceptors (Lipinski definition) is 3. The number of nitriles is 1. The molecule has 0 saturated carbocycles. The van der Waals surface area contributed by atoms with Gasteiger partial charge in [0.2, 0.25) is 0 Å². The summed E-state index contributed by atoms with van der Waals surface area (Å²) in [6, 6.07) is 10.8. The molecule has 0 fully saturated rings. The molecular formula is C13H9BrN2O2. The third kappa shape index (κ3) is 2.15. The van der Waals surface area contributed by atoms with Crippen molar-refractivity contribution in [3.63, 3.8) is 0 Å². The lowest BCUT2D eigenvalue weighted by Crippen LogP contribution is -2.09. The molecule has 0 radical (unpaired) electrons. The number of aromatic nitrogens is 1. The van der Waals surface area contributed by atoms with Gasteiger partial charge >= 0.3 is 5.97 Å². The van der Waals surface area contributed by atoms with Crippen LogP contribution in [0.3, 0.4) is 0 Å². The molecule has 0 spiro atoms. The van der Waals surface area contributed by atoms with E-state index in [0.29, 0.717) is 16.9 Å². The van der Waals surface area contributed by atoms with E-state index in [2.05, 4.69) is 22.0 Å². The maximum Gasteiger partial charge on any atom is 0.355 e. The molecule has 0 unspecified atom stereocenters. The Balaban J connectivity index is 2.60. The van der Waals surface area contributed by atoms with Crippen LogP contribution in [0.15, 0.2) is 41.0 Å². The van der Waals surface area contributed by atoms with Gasteiger partial charge in [-0.15, -0.1) is 0 Å². The summed E-state index contributed by atoms with van der Waals surface area (Å²) in [4.78, 5) is 11.6. The number of esters is 1. The van der Waals surface area contributed by atoms with Crippen molar-refractivity contribution in [1.29, 1.82) is 5.26 Å². The predicted molar refractivity (Wildman–Crippen MR) is 69.5 cm³/mol.